The summed E-state index contributed by atoms with van der Waals surface area (Å²) >= 11 is 0. The zero-order valence-electron chi connectivity index (χ0n) is 18.8. The highest BCUT2D eigenvalue weighted by Crippen LogP contribution is 2.26. The number of fused-ring (bicyclic) bond motifs is 3. The van der Waals surface area contributed by atoms with Crippen molar-refractivity contribution >= 4 is 16.9 Å². The Bertz CT molecular complexity index is 1410. The molecule has 3 heterocycles. The number of imidazole rings is 2. The second kappa shape index (κ2) is 7.00. The van der Waals surface area contributed by atoms with E-state index in [1.807, 2.05) is 18.2 Å². The first-order valence-corrected chi connectivity index (χ1v) is 10.4. The number of hydrogen-bond acceptors (Lipinski definition) is 3. The number of aromatic nitrogens is 5. The number of benzene rings is 1. The fourth-order valence-corrected chi connectivity index (χ4v) is 4.08. The molecule has 7 heteroatoms. The van der Waals surface area contributed by atoms with E-state index in [0.717, 1.165) is 34.6 Å². The molecular weight excluding hydrogens is 378 g/mol. The van der Waals surface area contributed by atoms with Crippen LogP contribution in [0, 0.1) is 33.6 Å². The predicted octanol–water partition coefficient (Wildman–Crippen LogP) is 3.42. The second-order valence-electron chi connectivity index (χ2n) is 8.70. The van der Waals surface area contributed by atoms with Gasteiger partial charge in [0.05, 0.1) is 5.69 Å². The third-order valence-electron chi connectivity index (χ3n) is 6.05. The van der Waals surface area contributed by atoms with Gasteiger partial charge in [0.15, 0.2) is 11.2 Å². The monoisotopic (exact) mass is 407 g/mol. The van der Waals surface area contributed by atoms with Crippen LogP contribution in [-0.4, -0.2) is 23.1 Å². The van der Waals surface area contributed by atoms with Gasteiger partial charge in [-0.1, -0.05) is 26.0 Å². The van der Waals surface area contributed by atoms with Crippen LogP contribution in [0.15, 0.2) is 27.8 Å². The van der Waals surface area contributed by atoms with Crippen molar-refractivity contribution in [3.63, 3.8) is 0 Å². The number of nitrogens with zero attached hydrogens (tertiary/aromatic N) is 5. The van der Waals surface area contributed by atoms with E-state index in [1.54, 1.807) is 7.05 Å². The van der Waals surface area contributed by atoms with Gasteiger partial charge in [0.2, 0.25) is 5.78 Å². The molecule has 0 aliphatic carbocycles. The molecule has 158 valence electrons. The van der Waals surface area contributed by atoms with Gasteiger partial charge in [0.1, 0.15) is 0 Å². The van der Waals surface area contributed by atoms with Gasteiger partial charge in [0, 0.05) is 25.0 Å². The predicted molar refractivity (Wildman–Crippen MR) is 120 cm³/mol. The minimum absolute atomic E-state index is 0.275. The van der Waals surface area contributed by atoms with Crippen molar-refractivity contribution in [2.75, 3.05) is 0 Å². The summed E-state index contributed by atoms with van der Waals surface area (Å²) in [5, 5.41) is 0. The van der Waals surface area contributed by atoms with E-state index in [4.69, 9.17) is 4.98 Å². The number of rotatable bonds is 4. The van der Waals surface area contributed by atoms with Crippen molar-refractivity contribution in [3.8, 4) is 5.69 Å². The molecule has 0 saturated carbocycles. The summed E-state index contributed by atoms with van der Waals surface area (Å²) in [6, 6.07) is 6.30. The summed E-state index contributed by atoms with van der Waals surface area (Å²) in [6.07, 6.45) is 0.768. The molecule has 0 aliphatic rings. The summed E-state index contributed by atoms with van der Waals surface area (Å²) in [7, 11) is 1.69. The molecule has 0 atom stereocenters. The van der Waals surface area contributed by atoms with Crippen molar-refractivity contribution in [1.82, 2.24) is 23.1 Å². The molecule has 0 saturated heterocycles. The van der Waals surface area contributed by atoms with Crippen molar-refractivity contribution in [2.24, 2.45) is 13.0 Å². The molecule has 3 aromatic heterocycles. The molecule has 0 spiro atoms. The molecular formula is C23H29N5O2. The lowest BCUT2D eigenvalue weighted by Crippen LogP contribution is -2.39. The first-order chi connectivity index (χ1) is 14.1. The highest BCUT2D eigenvalue weighted by molar-refractivity contribution is 5.77. The van der Waals surface area contributed by atoms with Crippen LogP contribution in [0.3, 0.4) is 0 Å². The van der Waals surface area contributed by atoms with Gasteiger partial charge >= 0.3 is 5.69 Å². The Hall–Kier alpha value is -3.09. The van der Waals surface area contributed by atoms with Gasteiger partial charge in [0.25, 0.3) is 5.56 Å². The van der Waals surface area contributed by atoms with Crippen LogP contribution in [0.4, 0.5) is 0 Å². The molecule has 4 aromatic rings. The van der Waals surface area contributed by atoms with Gasteiger partial charge in [-0.15, -0.1) is 0 Å². The topological polar surface area (TPSA) is 66.2 Å². The normalized spacial score (nSPS) is 12.0. The largest absolute Gasteiger partial charge is 0.332 e. The Morgan fingerprint density at radius 3 is 2.40 bits per heavy atom. The smallest absolute Gasteiger partial charge is 0.282 e. The Labute approximate surface area is 175 Å². The van der Waals surface area contributed by atoms with E-state index >= 15 is 0 Å². The minimum atomic E-state index is -0.318. The van der Waals surface area contributed by atoms with Gasteiger partial charge in [-0.2, -0.15) is 4.98 Å². The van der Waals surface area contributed by atoms with Crippen LogP contribution in [0.25, 0.3) is 22.6 Å². The lowest BCUT2D eigenvalue weighted by Gasteiger charge is -2.11. The molecule has 7 nitrogen and oxygen atoms in total. The SMILES string of the molecule is Cc1ccc(C)c(-n2c(C)c(C)n3c4c(=O)n(CCC(C)C)c(=O)n(C)c4nc23)c1. The first-order valence-electron chi connectivity index (χ1n) is 10.4. The number of hydrogen-bond donors (Lipinski definition) is 0. The molecule has 0 bridgehead atoms. The molecule has 0 radical (unpaired) electrons. The summed E-state index contributed by atoms with van der Waals surface area (Å²) in [5.74, 6) is 1.06. The van der Waals surface area contributed by atoms with Crippen LogP contribution in [-0.2, 0) is 13.6 Å². The van der Waals surface area contributed by atoms with Crippen LogP contribution in [0.2, 0.25) is 0 Å². The van der Waals surface area contributed by atoms with E-state index in [0.29, 0.717) is 29.4 Å². The van der Waals surface area contributed by atoms with Gasteiger partial charge in [-0.25, -0.2) is 4.79 Å². The highest BCUT2D eigenvalue weighted by Gasteiger charge is 2.23. The van der Waals surface area contributed by atoms with Crippen LogP contribution >= 0.6 is 0 Å². The van der Waals surface area contributed by atoms with Crippen LogP contribution < -0.4 is 11.2 Å². The minimum Gasteiger partial charge on any atom is -0.282 e. The van der Waals surface area contributed by atoms with Crippen molar-refractivity contribution < 1.29 is 0 Å². The first kappa shape index (κ1) is 20.2. The van der Waals surface area contributed by atoms with E-state index in [9.17, 15) is 9.59 Å². The molecule has 0 amide bonds. The Balaban J connectivity index is 2.13. The molecule has 0 fully saturated rings. The third kappa shape index (κ3) is 2.83. The summed E-state index contributed by atoms with van der Waals surface area (Å²) in [6.45, 7) is 12.7. The molecule has 0 aliphatic heterocycles. The molecule has 30 heavy (non-hydrogen) atoms. The average Bonchev–Trinajstić information content (AvgIpc) is 3.18. The number of aryl methyl sites for hydroxylation is 4. The second-order valence-corrected chi connectivity index (χ2v) is 8.70. The van der Waals surface area contributed by atoms with E-state index < -0.39 is 0 Å². The fourth-order valence-electron chi connectivity index (χ4n) is 4.08. The van der Waals surface area contributed by atoms with Gasteiger partial charge in [-0.05, 0) is 57.2 Å². The lowest BCUT2D eigenvalue weighted by atomic mass is 10.1. The van der Waals surface area contributed by atoms with E-state index in [2.05, 4.69) is 50.5 Å². The molecule has 1 aromatic carbocycles. The highest BCUT2D eigenvalue weighted by atomic mass is 16.2. The fraction of sp³-hybridized carbons (Fsp3) is 0.435. The lowest BCUT2D eigenvalue weighted by molar-refractivity contribution is 0.488. The van der Waals surface area contributed by atoms with Crippen molar-refractivity contribution in [1.29, 1.82) is 0 Å². The molecule has 0 unspecified atom stereocenters. The molecule has 0 N–H and O–H groups in total. The summed E-state index contributed by atoms with van der Waals surface area (Å²) < 4.78 is 6.83. The maximum absolute atomic E-state index is 13.4. The maximum atomic E-state index is 13.4. The van der Waals surface area contributed by atoms with E-state index in [-0.39, 0.29) is 11.2 Å². The zero-order chi connectivity index (χ0) is 21.9. The Morgan fingerprint density at radius 1 is 1.03 bits per heavy atom. The van der Waals surface area contributed by atoms with Crippen molar-refractivity contribution in [2.45, 2.75) is 54.5 Å². The molecule has 4 rings (SSSR count). The average molecular weight is 408 g/mol. The maximum Gasteiger partial charge on any atom is 0.332 e. The summed E-state index contributed by atoms with van der Waals surface area (Å²) in [4.78, 5) is 31.1. The Kier molecular flexibility index (Phi) is 4.71. The summed E-state index contributed by atoms with van der Waals surface area (Å²) in [5.41, 5.74) is 5.56. The van der Waals surface area contributed by atoms with Crippen LogP contribution in [0.1, 0.15) is 42.8 Å². The van der Waals surface area contributed by atoms with Crippen molar-refractivity contribution in [3.05, 3.63) is 61.6 Å². The zero-order valence-corrected chi connectivity index (χ0v) is 18.8. The third-order valence-corrected chi connectivity index (χ3v) is 6.05. The van der Waals surface area contributed by atoms with Gasteiger partial charge < -0.3 is 0 Å². The van der Waals surface area contributed by atoms with Gasteiger partial charge in [-0.3, -0.25) is 22.9 Å². The standard InChI is InChI=1S/C23H29N5O2/c1-13(2)10-11-26-21(29)19-20(25(7)23(26)30)24-22-27(16(5)17(6)28(19)22)18-12-14(3)8-9-15(18)4/h8-9,12-13H,10-11H2,1-7H3. The quantitative estimate of drug-likeness (QED) is 0.521. The van der Waals surface area contributed by atoms with E-state index in [1.165, 1.54) is 9.13 Å². The van der Waals surface area contributed by atoms with Crippen LogP contribution in [0.5, 0.6) is 0 Å². The Morgan fingerprint density at radius 2 is 1.73 bits per heavy atom.